The van der Waals surface area contributed by atoms with Gasteiger partial charge in [0.1, 0.15) is 0 Å². The maximum Gasteiger partial charge on any atom is 0.222 e. The van der Waals surface area contributed by atoms with Gasteiger partial charge >= 0.3 is 0 Å². The van der Waals surface area contributed by atoms with Gasteiger partial charge in [-0.1, -0.05) is 13.8 Å². The van der Waals surface area contributed by atoms with Crippen molar-refractivity contribution in [2.45, 2.75) is 38.7 Å². The van der Waals surface area contributed by atoms with Crippen LogP contribution in [0.4, 0.5) is 0 Å². The molecule has 1 atom stereocenters. The van der Waals surface area contributed by atoms with Crippen molar-refractivity contribution in [1.82, 2.24) is 5.32 Å². The van der Waals surface area contributed by atoms with Crippen molar-refractivity contribution in [3.63, 3.8) is 0 Å². The van der Waals surface area contributed by atoms with Crippen LogP contribution in [0.2, 0.25) is 0 Å². The zero-order valence-electron chi connectivity index (χ0n) is 7.76. The van der Waals surface area contributed by atoms with Gasteiger partial charge in [-0.05, 0) is 19.3 Å². The molecule has 0 bridgehead atoms. The van der Waals surface area contributed by atoms with Crippen LogP contribution in [-0.2, 0) is 4.79 Å². The largest absolute Gasteiger partial charge is 0.388 e. The fourth-order valence-corrected chi connectivity index (χ4v) is 0.932. The Morgan fingerprint density at radius 1 is 1.67 bits per heavy atom. The van der Waals surface area contributed by atoms with E-state index in [1.807, 2.05) is 13.8 Å². The summed E-state index contributed by atoms with van der Waals surface area (Å²) in [5, 5.41) is 12.2. The van der Waals surface area contributed by atoms with E-state index >= 15 is 0 Å². The minimum atomic E-state index is -0.566. The fourth-order valence-electron chi connectivity index (χ4n) is 0.932. The van der Waals surface area contributed by atoms with Gasteiger partial charge in [-0.3, -0.25) is 4.79 Å². The second-order valence-electron chi connectivity index (χ2n) is 3.75. The molecule has 1 unspecified atom stereocenters. The molecule has 1 rings (SSSR count). The monoisotopic (exact) mass is 171 g/mol. The summed E-state index contributed by atoms with van der Waals surface area (Å²) in [5.41, 5.74) is -0.566. The Morgan fingerprint density at radius 2 is 2.25 bits per heavy atom. The lowest BCUT2D eigenvalue weighted by molar-refractivity contribution is -0.125. The molecule has 3 nitrogen and oxygen atoms in total. The molecule has 1 amide bonds. The van der Waals surface area contributed by atoms with Gasteiger partial charge in [0.05, 0.1) is 5.60 Å². The molecule has 0 heterocycles. The van der Waals surface area contributed by atoms with Gasteiger partial charge in [-0.15, -0.1) is 0 Å². The summed E-state index contributed by atoms with van der Waals surface area (Å²) in [4.78, 5) is 11.2. The topological polar surface area (TPSA) is 49.3 Å². The average molecular weight is 171 g/mol. The van der Waals surface area contributed by atoms with Crippen LogP contribution in [0.1, 0.15) is 33.1 Å². The van der Waals surface area contributed by atoms with Crippen molar-refractivity contribution in [3.05, 3.63) is 0 Å². The van der Waals surface area contributed by atoms with Crippen LogP contribution < -0.4 is 5.32 Å². The number of rotatable bonds is 4. The van der Waals surface area contributed by atoms with Crippen molar-refractivity contribution < 1.29 is 9.90 Å². The van der Waals surface area contributed by atoms with E-state index < -0.39 is 5.60 Å². The summed E-state index contributed by atoms with van der Waals surface area (Å²) < 4.78 is 0. The molecule has 2 N–H and O–H groups in total. The number of aliphatic hydroxyl groups is 1. The predicted molar refractivity (Wildman–Crippen MR) is 46.6 cm³/mol. The molecule has 0 spiro atoms. The van der Waals surface area contributed by atoms with Gasteiger partial charge in [-0.25, -0.2) is 0 Å². The van der Waals surface area contributed by atoms with E-state index in [-0.39, 0.29) is 11.8 Å². The van der Waals surface area contributed by atoms with Gasteiger partial charge in [0.25, 0.3) is 0 Å². The smallest absolute Gasteiger partial charge is 0.222 e. The molecule has 1 fully saturated rings. The molecule has 1 saturated carbocycles. The maximum atomic E-state index is 11.2. The number of hydrogen-bond acceptors (Lipinski definition) is 2. The molecule has 70 valence electrons. The molecule has 0 radical (unpaired) electrons. The molecular weight excluding hydrogens is 154 g/mol. The minimum absolute atomic E-state index is 0.0535. The van der Waals surface area contributed by atoms with Crippen molar-refractivity contribution >= 4 is 5.91 Å². The van der Waals surface area contributed by atoms with Gasteiger partial charge in [0.2, 0.25) is 5.91 Å². The van der Waals surface area contributed by atoms with Crippen LogP contribution in [0.25, 0.3) is 0 Å². The second-order valence-corrected chi connectivity index (χ2v) is 3.75. The van der Waals surface area contributed by atoms with Gasteiger partial charge in [-0.2, -0.15) is 0 Å². The highest BCUT2D eigenvalue weighted by Crippen LogP contribution is 2.33. The normalized spacial score (nSPS) is 21.6. The molecule has 0 aromatic heterocycles. The summed E-state index contributed by atoms with van der Waals surface area (Å²) in [6.07, 6.45) is 2.51. The third-order valence-electron chi connectivity index (χ3n) is 2.48. The fraction of sp³-hybridized carbons (Fsp3) is 0.889. The lowest BCUT2D eigenvalue weighted by Gasteiger charge is -2.12. The summed E-state index contributed by atoms with van der Waals surface area (Å²) >= 11 is 0. The van der Waals surface area contributed by atoms with Crippen LogP contribution >= 0.6 is 0 Å². The van der Waals surface area contributed by atoms with Crippen molar-refractivity contribution in [2.24, 2.45) is 5.92 Å². The van der Waals surface area contributed by atoms with Crippen molar-refractivity contribution in [3.8, 4) is 0 Å². The van der Waals surface area contributed by atoms with E-state index in [1.165, 1.54) is 0 Å². The van der Waals surface area contributed by atoms with Crippen LogP contribution in [0, 0.1) is 5.92 Å². The standard InChI is InChI=1S/C9H17NO2/c1-3-7(2)8(11)10-6-9(12)4-5-9/h7,12H,3-6H2,1-2H3,(H,10,11). The number of nitrogens with one attached hydrogen (secondary N) is 1. The summed E-state index contributed by atoms with van der Waals surface area (Å²) in [6, 6.07) is 0. The summed E-state index contributed by atoms with van der Waals surface area (Å²) in [7, 11) is 0. The van der Waals surface area contributed by atoms with Crippen molar-refractivity contribution in [2.75, 3.05) is 6.54 Å². The molecule has 0 aromatic rings. The molecule has 12 heavy (non-hydrogen) atoms. The average Bonchev–Trinajstić information content (AvgIpc) is 2.79. The zero-order chi connectivity index (χ0) is 9.19. The van der Waals surface area contributed by atoms with E-state index in [4.69, 9.17) is 0 Å². The van der Waals surface area contributed by atoms with Crippen LogP contribution in [0.5, 0.6) is 0 Å². The Balaban J connectivity index is 2.18. The number of hydrogen-bond donors (Lipinski definition) is 2. The highest BCUT2D eigenvalue weighted by Gasteiger charge is 2.40. The molecule has 0 aliphatic heterocycles. The zero-order valence-corrected chi connectivity index (χ0v) is 7.76. The first kappa shape index (κ1) is 9.52. The molecular formula is C9H17NO2. The van der Waals surface area contributed by atoms with E-state index in [9.17, 15) is 9.90 Å². The molecule has 1 aliphatic carbocycles. The van der Waals surface area contributed by atoms with Crippen LogP contribution in [0.3, 0.4) is 0 Å². The molecule has 0 saturated heterocycles. The van der Waals surface area contributed by atoms with E-state index in [1.54, 1.807) is 0 Å². The lowest BCUT2D eigenvalue weighted by Crippen LogP contribution is -2.36. The number of amides is 1. The molecule has 0 aromatic carbocycles. The van der Waals surface area contributed by atoms with E-state index in [2.05, 4.69) is 5.32 Å². The summed E-state index contributed by atoms with van der Waals surface area (Å²) in [6.45, 7) is 4.30. The van der Waals surface area contributed by atoms with Crippen LogP contribution in [0.15, 0.2) is 0 Å². The Morgan fingerprint density at radius 3 is 2.67 bits per heavy atom. The Kier molecular flexibility index (Phi) is 2.73. The van der Waals surface area contributed by atoms with Crippen LogP contribution in [-0.4, -0.2) is 23.2 Å². The number of carbonyl (C=O) groups excluding carboxylic acids is 1. The first-order chi connectivity index (χ1) is 5.57. The third-order valence-corrected chi connectivity index (χ3v) is 2.48. The van der Waals surface area contributed by atoms with Gasteiger partial charge in [0, 0.05) is 12.5 Å². The minimum Gasteiger partial charge on any atom is -0.388 e. The third kappa shape index (κ3) is 2.48. The SMILES string of the molecule is CCC(C)C(=O)NCC1(O)CC1. The van der Waals surface area contributed by atoms with E-state index in [0.29, 0.717) is 6.54 Å². The molecule has 1 aliphatic rings. The lowest BCUT2D eigenvalue weighted by atomic mass is 10.1. The Hall–Kier alpha value is -0.570. The number of carbonyl (C=O) groups is 1. The highest BCUT2D eigenvalue weighted by molar-refractivity contribution is 5.78. The quantitative estimate of drug-likeness (QED) is 0.653. The first-order valence-electron chi connectivity index (χ1n) is 4.57. The summed E-state index contributed by atoms with van der Waals surface area (Å²) in [5.74, 6) is 0.116. The Bertz CT molecular complexity index is 175. The van der Waals surface area contributed by atoms with Crippen molar-refractivity contribution in [1.29, 1.82) is 0 Å². The van der Waals surface area contributed by atoms with Gasteiger partial charge in [0.15, 0.2) is 0 Å². The Labute approximate surface area is 73.2 Å². The van der Waals surface area contributed by atoms with Gasteiger partial charge < -0.3 is 10.4 Å². The van der Waals surface area contributed by atoms with E-state index in [0.717, 1.165) is 19.3 Å². The highest BCUT2D eigenvalue weighted by atomic mass is 16.3. The molecule has 3 heteroatoms. The first-order valence-corrected chi connectivity index (χ1v) is 4.57. The second kappa shape index (κ2) is 3.44. The maximum absolute atomic E-state index is 11.2. The predicted octanol–water partition coefficient (Wildman–Crippen LogP) is 0.674.